The van der Waals surface area contributed by atoms with E-state index in [1.165, 1.54) is 31.7 Å². The van der Waals surface area contributed by atoms with Crippen LogP contribution in [0.3, 0.4) is 0 Å². The largest absolute Gasteiger partial charge is 0.452 e. The molecule has 1 aromatic heterocycles. The molecule has 4 heterocycles. The summed E-state index contributed by atoms with van der Waals surface area (Å²) >= 11 is 1.33. The highest BCUT2D eigenvalue weighted by molar-refractivity contribution is 7.99. The third-order valence-corrected chi connectivity index (χ3v) is 6.21. The van der Waals surface area contributed by atoms with Gasteiger partial charge in [-0.1, -0.05) is 10.2 Å². The van der Waals surface area contributed by atoms with E-state index in [0.29, 0.717) is 22.7 Å². The maximum absolute atomic E-state index is 12.7. The molecule has 0 saturated carbocycles. The normalized spacial score (nSPS) is 27.3. The summed E-state index contributed by atoms with van der Waals surface area (Å²) < 4.78 is 10.2. The quantitative estimate of drug-likeness (QED) is 0.861. The van der Waals surface area contributed by atoms with Crippen LogP contribution in [0.15, 0.2) is 38.8 Å². The second kappa shape index (κ2) is 7.28. The Balaban J connectivity index is 1.39. The molecular weight excluding hydrogens is 352 g/mol. The summed E-state index contributed by atoms with van der Waals surface area (Å²) in [5.74, 6) is 0.591. The zero-order valence-corrected chi connectivity index (χ0v) is 15.7. The van der Waals surface area contributed by atoms with Crippen LogP contribution in [0.5, 0.6) is 6.08 Å². The number of fused-ring (bicyclic) bond motifs is 3. The highest BCUT2D eigenvalue weighted by Crippen LogP contribution is 2.32. The molecule has 5 rings (SSSR count). The zero-order chi connectivity index (χ0) is 18.1. The molecule has 3 aliphatic heterocycles. The van der Waals surface area contributed by atoms with Crippen molar-refractivity contribution < 1.29 is 13.9 Å². The molecule has 0 aliphatic carbocycles. The molecule has 2 aromatic rings. The molecule has 8 heteroatoms. The molecule has 3 fully saturated rings. The van der Waals surface area contributed by atoms with Gasteiger partial charge >= 0.3 is 6.08 Å². The van der Waals surface area contributed by atoms with Crippen LogP contribution in [0.25, 0.3) is 0 Å². The van der Waals surface area contributed by atoms with Gasteiger partial charge in [-0.3, -0.25) is 9.69 Å². The number of piperidine rings is 3. The van der Waals surface area contributed by atoms with Crippen molar-refractivity contribution in [2.24, 2.45) is 5.92 Å². The Bertz CT molecular complexity index is 769. The lowest BCUT2D eigenvalue weighted by molar-refractivity contribution is 0.0217. The first-order valence-corrected chi connectivity index (χ1v) is 9.66. The van der Waals surface area contributed by atoms with Crippen LogP contribution < -0.4 is 10.1 Å². The highest BCUT2D eigenvalue weighted by Gasteiger charge is 2.40. The summed E-state index contributed by atoms with van der Waals surface area (Å²) in [4.78, 5) is 16.0. The Morgan fingerprint density at radius 3 is 2.62 bits per heavy atom. The molecule has 1 N–H and O–H groups in total. The number of nitrogens with zero attached hydrogens (tertiary/aromatic N) is 3. The average molecular weight is 374 g/mol. The second-order valence-electron chi connectivity index (χ2n) is 6.78. The maximum Gasteiger partial charge on any atom is 0.415 e. The van der Waals surface area contributed by atoms with Gasteiger partial charge in [0.1, 0.15) is 0 Å². The van der Waals surface area contributed by atoms with Crippen LogP contribution in [0.1, 0.15) is 30.1 Å². The summed E-state index contributed by atoms with van der Waals surface area (Å²) in [6.07, 6.45) is 2.49. The van der Waals surface area contributed by atoms with Gasteiger partial charge in [-0.05, 0) is 74.8 Å². The molecule has 7 nitrogen and oxygen atoms in total. The molecule has 2 atom stereocenters. The molecule has 26 heavy (non-hydrogen) atoms. The molecule has 2 bridgehead atoms. The summed E-state index contributed by atoms with van der Waals surface area (Å²) in [5, 5.41) is 11.3. The Kier molecular flexibility index (Phi) is 4.86. The van der Waals surface area contributed by atoms with Crippen molar-refractivity contribution in [3.63, 3.8) is 0 Å². The minimum absolute atomic E-state index is 0.00777. The number of carbonyl (C=O) groups excluding carboxylic acids is 1. The first kappa shape index (κ1) is 17.4. The van der Waals surface area contributed by atoms with Crippen LogP contribution in [0.4, 0.5) is 0 Å². The molecule has 1 amide bonds. The minimum atomic E-state index is -0.00777. The summed E-state index contributed by atoms with van der Waals surface area (Å²) in [6, 6.07) is 8.08. The van der Waals surface area contributed by atoms with E-state index < -0.39 is 0 Å². The van der Waals surface area contributed by atoms with E-state index in [2.05, 4.69) is 27.3 Å². The smallest absolute Gasteiger partial charge is 0.415 e. The summed E-state index contributed by atoms with van der Waals surface area (Å²) in [7, 11) is 1.48. The van der Waals surface area contributed by atoms with Crippen molar-refractivity contribution in [1.29, 1.82) is 0 Å². The number of nitrogens with one attached hydrogen (secondary N) is 1. The van der Waals surface area contributed by atoms with Crippen molar-refractivity contribution in [2.75, 3.05) is 20.2 Å². The number of ether oxygens (including phenoxy) is 1. The number of benzene rings is 1. The Morgan fingerprint density at radius 1 is 1.27 bits per heavy atom. The predicted octanol–water partition coefficient (Wildman–Crippen LogP) is 2.44. The van der Waals surface area contributed by atoms with Crippen LogP contribution in [0.2, 0.25) is 0 Å². The Morgan fingerprint density at radius 2 is 2.00 bits per heavy atom. The van der Waals surface area contributed by atoms with Gasteiger partial charge in [0.05, 0.1) is 7.11 Å². The van der Waals surface area contributed by atoms with Gasteiger partial charge in [0.25, 0.3) is 11.1 Å². The standard InChI is InChI=1S/C18H22N4O3S/c1-11-15(12-7-9-22(11)10-8-12)19-16(23)13-3-5-14(6-4-13)26-18-21-20-17(24-2)25-18/h3-6,11-12,15H,7-10H2,1-2H3,(H,19,23). The van der Waals surface area contributed by atoms with Gasteiger partial charge in [0, 0.05) is 22.5 Å². The van der Waals surface area contributed by atoms with E-state index in [4.69, 9.17) is 9.15 Å². The number of rotatable bonds is 5. The van der Waals surface area contributed by atoms with Crippen molar-refractivity contribution in [2.45, 2.75) is 42.0 Å². The molecule has 2 unspecified atom stereocenters. The fourth-order valence-electron chi connectivity index (χ4n) is 3.88. The van der Waals surface area contributed by atoms with E-state index >= 15 is 0 Å². The number of hydrogen-bond donors (Lipinski definition) is 1. The maximum atomic E-state index is 12.7. The monoisotopic (exact) mass is 374 g/mol. The van der Waals surface area contributed by atoms with Gasteiger partial charge < -0.3 is 14.5 Å². The summed E-state index contributed by atoms with van der Waals surface area (Å²) in [5.41, 5.74) is 0.668. The van der Waals surface area contributed by atoms with Crippen LogP contribution in [-0.2, 0) is 0 Å². The summed E-state index contributed by atoms with van der Waals surface area (Å²) in [6.45, 7) is 4.53. The van der Waals surface area contributed by atoms with Gasteiger partial charge in [0.15, 0.2) is 0 Å². The van der Waals surface area contributed by atoms with Crippen LogP contribution in [-0.4, -0.2) is 53.3 Å². The number of methoxy groups -OCH3 is 1. The van der Waals surface area contributed by atoms with E-state index in [0.717, 1.165) is 18.0 Å². The van der Waals surface area contributed by atoms with Crippen LogP contribution >= 0.6 is 11.8 Å². The van der Waals surface area contributed by atoms with Crippen molar-refractivity contribution in [3.8, 4) is 6.08 Å². The van der Waals surface area contributed by atoms with Crippen molar-refractivity contribution >= 4 is 17.7 Å². The Hall–Kier alpha value is -2.06. The SMILES string of the molecule is COc1nnc(Sc2ccc(C(=O)NC3C4CCN(CC4)C3C)cc2)o1. The number of hydrogen-bond acceptors (Lipinski definition) is 7. The fourth-order valence-corrected chi connectivity index (χ4v) is 4.54. The van der Waals surface area contributed by atoms with E-state index in [1.54, 1.807) is 0 Å². The van der Waals surface area contributed by atoms with E-state index in [9.17, 15) is 4.79 Å². The van der Waals surface area contributed by atoms with Crippen molar-refractivity contribution in [3.05, 3.63) is 29.8 Å². The lowest BCUT2D eigenvalue weighted by atomic mass is 9.79. The van der Waals surface area contributed by atoms with Crippen LogP contribution in [0, 0.1) is 5.92 Å². The topological polar surface area (TPSA) is 80.5 Å². The Labute approximate surface area is 156 Å². The average Bonchev–Trinajstić information content (AvgIpc) is 3.13. The fraction of sp³-hybridized carbons (Fsp3) is 0.500. The minimum Gasteiger partial charge on any atom is -0.452 e. The molecule has 138 valence electrons. The second-order valence-corrected chi connectivity index (χ2v) is 7.80. The zero-order valence-electron chi connectivity index (χ0n) is 14.8. The molecule has 0 spiro atoms. The number of aromatic nitrogens is 2. The third-order valence-electron chi connectivity index (χ3n) is 5.36. The highest BCUT2D eigenvalue weighted by atomic mass is 32.2. The lowest BCUT2D eigenvalue weighted by Crippen LogP contribution is -2.62. The molecule has 3 aliphatic rings. The van der Waals surface area contributed by atoms with E-state index in [1.807, 2.05) is 24.3 Å². The number of amides is 1. The molecule has 0 radical (unpaired) electrons. The van der Waals surface area contributed by atoms with E-state index in [-0.39, 0.29) is 18.0 Å². The predicted molar refractivity (Wildman–Crippen MR) is 96.4 cm³/mol. The molecule has 1 aromatic carbocycles. The van der Waals surface area contributed by atoms with Crippen molar-refractivity contribution in [1.82, 2.24) is 20.4 Å². The lowest BCUT2D eigenvalue weighted by Gasteiger charge is -2.49. The third kappa shape index (κ3) is 3.43. The van der Waals surface area contributed by atoms with Gasteiger partial charge in [-0.15, -0.1) is 0 Å². The first-order valence-electron chi connectivity index (χ1n) is 8.84. The molecular formula is C18H22N4O3S. The number of carbonyl (C=O) groups is 1. The first-order chi connectivity index (χ1) is 12.6. The van der Waals surface area contributed by atoms with Gasteiger partial charge in [0.2, 0.25) is 0 Å². The molecule has 3 saturated heterocycles. The van der Waals surface area contributed by atoms with Gasteiger partial charge in [-0.25, -0.2) is 0 Å². The van der Waals surface area contributed by atoms with Gasteiger partial charge in [-0.2, -0.15) is 0 Å².